The second-order valence-electron chi connectivity index (χ2n) is 6.62. The van der Waals surface area contributed by atoms with Crippen LogP contribution in [0.1, 0.15) is 24.2 Å². The summed E-state index contributed by atoms with van der Waals surface area (Å²) in [6.45, 7) is 2.07. The molecule has 1 aliphatic rings. The van der Waals surface area contributed by atoms with Crippen molar-refractivity contribution in [3.63, 3.8) is 0 Å². The number of methoxy groups -OCH3 is 1. The summed E-state index contributed by atoms with van der Waals surface area (Å²) in [5.74, 6) is 0.836. The summed E-state index contributed by atoms with van der Waals surface area (Å²) < 4.78 is 62.6. The van der Waals surface area contributed by atoms with Crippen LogP contribution in [0.3, 0.4) is 0 Å². The fraction of sp³-hybridized carbons (Fsp3) is 0.444. The first-order chi connectivity index (χ1) is 12.7. The summed E-state index contributed by atoms with van der Waals surface area (Å²) in [5, 5.41) is -0.564. The molecule has 0 unspecified atom stereocenters. The van der Waals surface area contributed by atoms with Gasteiger partial charge in [0.1, 0.15) is 17.3 Å². The van der Waals surface area contributed by atoms with Crippen LogP contribution in [0, 0.1) is 6.92 Å². The summed E-state index contributed by atoms with van der Waals surface area (Å²) in [5.41, 5.74) is 0.599. The predicted molar refractivity (Wildman–Crippen MR) is 101 cm³/mol. The fourth-order valence-corrected chi connectivity index (χ4v) is 6.72. The second kappa shape index (κ2) is 7.65. The third-order valence-corrected chi connectivity index (χ3v) is 9.07. The van der Waals surface area contributed by atoms with Gasteiger partial charge in [0.25, 0.3) is 0 Å². The van der Waals surface area contributed by atoms with Gasteiger partial charge in [-0.2, -0.15) is 4.31 Å². The lowest BCUT2D eigenvalue weighted by molar-refractivity contribution is 0.345. The number of aryl methyl sites for hydroxylation is 1. The van der Waals surface area contributed by atoms with Gasteiger partial charge in [0, 0.05) is 13.1 Å². The highest BCUT2D eigenvalue weighted by Crippen LogP contribution is 2.28. The van der Waals surface area contributed by atoms with Crippen LogP contribution in [0.2, 0.25) is 0 Å². The number of nitrogens with zero attached hydrogens (tertiary/aromatic N) is 1. The molecule has 1 aliphatic heterocycles. The monoisotopic (exact) mass is 413 g/mol. The summed E-state index contributed by atoms with van der Waals surface area (Å²) in [7, 11) is -5.54. The topological polar surface area (TPSA) is 93.9 Å². The maximum Gasteiger partial charge on any atom is 0.243 e. The van der Waals surface area contributed by atoms with E-state index in [4.69, 9.17) is 9.15 Å². The molecule has 0 N–H and O–H groups in total. The van der Waals surface area contributed by atoms with E-state index in [0.29, 0.717) is 17.1 Å². The molecule has 7 nitrogen and oxygen atoms in total. The third kappa shape index (κ3) is 4.20. The number of benzene rings is 1. The highest BCUT2D eigenvalue weighted by atomic mass is 32.2. The Morgan fingerprint density at radius 2 is 1.85 bits per heavy atom. The van der Waals surface area contributed by atoms with Gasteiger partial charge in [-0.25, -0.2) is 16.8 Å². The summed E-state index contributed by atoms with van der Waals surface area (Å²) in [6.07, 6.45) is 1.99. The molecule has 0 saturated carbocycles. The Kier molecular flexibility index (Phi) is 5.64. The molecule has 1 fully saturated rings. The van der Waals surface area contributed by atoms with E-state index < -0.39 is 25.1 Å². The lowest BCUT2D eigenvalue weighted by atomic mass is 10.2. The van der Waals surface area contributed by atoms with E-state index in [1.807, 2.05) is 0 Å². The maximum absolute atomic E-state index is 12.9. The smallest absolute Gasteiger partial charge is 0.243 e. The van der Waals surface area contributed by atoms with Crippen LogP contribution < -0.4 is 4.74 Å². The van der Waals surface area contributed by atoms with Gasteiger partial charge >= 0.3 is 0 Å². The van der Waals surface area contributed by atoms with Gasteiger partial charge in [-0.05, 0) is 55.7 Å². The van der Waals surface area contributed by atoms with Crippen molar-refractivity contribution < 1.29 is 26.0 Å². The minimum Gasteiger partial charge on any atom is -0.497 e. The number of furan rings is 1. The van der Waals surface area contributed by atoms with Gasteiger partial charge in [-0.15, -0.1) is 0 Å². The summed E-state index contributed by atoms with van der Waals surface area (Å²) >= 11 is 0. The van der Waals surface area contributed by atoms with Crippen LogP contribution in [-0.4, -0.2) is 46.6 Å². The number of sulfonamides is 1. The molecule has 2 heterocycles. The van der Waals surface area contributed by atoms with Crippen LogP contribution in [0.25, 0.3) is 0 Å². The Balaban J connectivity index is 1.71. The van der Waals surface area contributed by atoms with Crippen molar-refractivity contribution in [2.24, 2.45) is 0 Å². The van der Waals surface area contributed by atoms with Crippen LogP contribution >= 0.6 is 0 Å². The molecule has 1 aromatic heterocycles. The Morgan fingerprint density at radius 1 is 1.15 bits per heavy atom. The first kappa shape index (κ1) is 19.9. The maximum atomic E-state index is 12.9. The molecule has 3 rings (SSSR count). The Bertz CT molecular complexity index is 988. The number of ether oxygens (including phenoxy) is 1. The van der Waals surface area contributed by atoms with Crippen molar-refractivity contribution in [3.05, 3.63) is 47.9 Å². The average molecular weight is 414 g/mol. The Hall–Kier alpha value is -1.84. The summed E-state index contributed by atoms with van der Waals surface area (Å²) in [6, 6.07) is 8.10. The summed E-state index contributed by atoms with van der Waals surface area (Å²) in [4.78, 5) is 0.222. The minimum absolute atomic E-state index is 0.158. The van der Waals surface area contributed by atoms with Gasteiger partial charge in [-0.1, -0.05) is 0 Å². The van der Waals surface area contributed by atoms with Crippen LogP contribution in [0.5, 0.6) is 5.75 Å². The molecule has 148 valence electrons. The van der Waals surface area contributed by atoms with E-state index in [1.165, 1.54) is 23.7 Å². The van der Waals surface area contributed by atoms with Crippen molar-refractivity contribution in [3.8, 4) is 5.75 Å². The van der Waals surface area contributed by atoms with E-state index in [-0.39, 0.29) is 36.6 Å². The number of hydrogen-bond donors (Lipinski definition) is 0. The molecule has 0 amide bonds. The number of hydrogen-bond acceptors (Lipinski definition) is 6. The average Bonchev–Trinajstić information content (AvgIpc) is 3.13. The lowest BCUT2D eigenvalue weighted by Crippen LogP contribution is -2.42. The first-order valence-electron chi connectivity index (χ1n) is 8.63. The fourth-order valence-electron chi connectivity index (χ4n) is 3.32. The Labute approximate surface area is 159 Å². The van der Waals surface area contributed by atoms with E-state index in [2.05, 4.69) is 0 Å². The van der Waals surface area contributed by atoms with Crippen LogP contribution in [0.4, 0.5) is 0 Å². The zero-order valence-corrected chi connectivity index (χ0v) is 16.9. The SMILES string of the molecule is COc1ccc(S(=O)(=O)N2CCC(S(=O)(=O)Cc3ccco3)CC2)c(C)c1. The molecule has 0 bridgehead atoms. The van der Waals surface area contributed by atoms with Crippen molar-refractivity contribution in [2.45, 2.75) is 35.7 Å². The molecular weight excluding hydrogens is 390 g/mol. The highest BCUT2D eigenvalue weighted by molar-refractivity contribution is 7.91. The standard InChI is InChI=1S/C18H23NO6S2/c1-14-12-15(24-2)5-6-18(14)27(22,23)19-9-7-17(8-10-19)26(20,21)13-16-4-3-11-25-16/h3-6,11-12,17H,7-10,13H2,1-2H3. The molecule has 0 spiro atoms. The molecule has 1 aromatic carbocycles. The van der Waals surface area contributed by atoms with Crippen molar-refractivity contribution in [2.75, 3.05) is 20.2 Å². The number of sulfone groups is 1. The molecule has 2 aromatic rings. The number of piperidine rings is 1. The number of rotatable bonds is 6. The molecular formula is C18H23NO6S2. The Morgan fingerprint density at radius 3 is 2.41 bits per heavy atom. The molecule has 0 radical (unpaired) electrons. The van der Waals surface area contributed by atoms with Gasteiger partial charge < -0.3 is 9.15 Å². The van der Waals surface area contributed by atoms with E-state index >= 15 is 0 Å². The van der Waals surface area contributed by atoms with Crippen molar-refractivity contribution in [1.82, 2.24) is 4.31 Å². The predicted octanol–water partition coefficient (Wildman–Crippen LogP) is 2.36. The van der Waals surface area contributed by atoms with Crippen LogP contribution in [-0.2, 0) is 25.6 Å². The molecule has 0 aliphatic carbocycles. The van der Waals surface area contributed by atoms with Gasteiger partial charge in [0.05, 0.1) is 23.5 Å². The van der Waals surface area contributed by atoms with Gasteiger partial charge in [0.15, 0.2) is 9.84 Å². The zero-order valence-electron chi connectivity index (χ0n) is 15.3. The lowest BCUT2D eigenvalue weighted by Gasteiger charge is -2.31. The molecule has 1 saturated heterocycles. The normalized spacial score (nSPS) is 17.1. The quantitative estimate of drug-likeness (QED) is 0.722. The van der Waals surface area contributed by atoms with E-state index in [0.717, 1.165) is 0 Å². The van der Waals surface area contributed by atoms with Gasteiger partial charge in [-0.3, -0.25) is 0 Å². The molecule has 27 heavy (non-hydrogen) atoms. The second-order valence-corrected chi connectivity index (χ2v) is 10.8. The highest BCUT2D eigenvalue weighted by Gasteiger charge is 2.35. The molecule has 9 heteroatoms. The van der Waals surface area contributed by atoms with Crippen molar-refractivity contribution in [1.29, 1.82) is 0 Å². The van der Waals surface area contributed by atoms with Crippen LogP contribution in [0.15, 0.2) is 45.9 Å². The third-order valence-electron chi connectivity index (χ3n) is 4.83. The largest absolute Gasteiger partial charge is 0.497 e. The minimum atomic E-state index is -3.67. The molecule has 0 atom stereocenters. The zero-order chi connectivity index (χ0) is 19.7. The van der Waals surface area contributed by atoms with E-state index in [9.17, 15) is 16.8 Å². The van der Waals surface area contributed by atoms with Gasteiger partial charge in [0.2, 0.25) is 10.0 Å². The van der Waals surface area contributed by atoms with E-state index in [1.54, 1.807) is 31.2 Å². The first-order valence-corrected chi connectivity index (χ1v) is 11.8. The van der Waals surface area contributed by atoms with Crippen molar-refractivity contribution >= 4 is 19.9 Å².